The van der Waals surface area contributed by atoms with Crippen LogP contribution in [0.2, 0.25) is 0 Å². The number of rotatable bonds is 3. The van der Waals surface area contributed by atoms with Gasteiger partial charge in [0.1, 0.15) is 6.10 Å². The van der Waals surface area contributed by atoms with Crippen LogP contribution in [0.3, 0.4) is 0 Å². The molecule has 3 heterocycles. The van der Waals surface area contributed by atoms with Gasteiger partial charge in [0.25, 0.3) is 0 Å². The molecule has 0 N–H and O–H groups in total. The van der Waals surface area contributed by atoms with Crippen molar-refractivity contribution in [2.24, 2.45) is 0 Å². The second-order valence-electron chi connectivity index (χ2n) is 5.25. The zero-order valence-corrected chi connectivity index (χ0v) is 13.5. The van der Waals surface area contributed by atoms with Gasteiger partial charge in [-0.25, -0.2) is 4.98 Å². The molecule has 0 aliphatic carbocycles. The summed E-state index contributed by atoms with van der Waals surface area (Å²) in [7, 11) is 0. The number of morpholine rings is 1. The highest BCUT2D eigenvalue weighted by Gasteiger charge is 2.27. The molecule has 1 aliphatic heterocycles. The highest BCUT2D eigenvalue weighted by atomic mass is 32.1. The minimum atomic E-state index is -0.198. The summed E-state index contributed by atoms with van der Waals surface area (Å²) >= 11 is 1.59. The van der Waals surface area contributed by atoms with Gasteiger partial charge in [0.2, 0.25) is 5.91 Å². The first kappa shape index (κ1) is 15.1. The summed E-state index contributed by atoms with van der Waals surface area (Å²) in [5.41, 5.74) is 1.72. The molecule has 22 heavy (non-hydrogen) atoms. The van der Waals surface area contributed by atoms with Crippen molar-refractivity contribution in [3.8, 4) is 0 Å². The van der Waals surface area contributed by atoms with E-state index >= 15 is 0 Å². The van der Waals surface area contributed by atoms with Gasteiger partial charge >= 0.3 is 0 Å². The van der Waals surface area contributed by atoms with E-state index in [-0.39, 0.29) is 12.0 Å². The first-order chi connectivity index (χ1) is 10.6. The van der Waals surface area contributed by atoms with Crippen molar-refractivity contribution in [3.05, 3.63) is 39.9 Å². The maximum atomic E-state index is 12.5. The summed E-state index contributed by atoms with van der Waals surface area (Å²) in [5.74, 6) is 0.115. The fraction of sp³-hybridized carbons (Fsp3) is 0.467. The van der Waals surface area contributed by atoms with Gasteiger partial charge in [-0.2, -0.15) is 0 Å². The third-order valence-corrected chi connectivity index (χ3v) is 4.72. The number of amides is 1. The molecule has 7 heteroatoms. The number of thiazole rings is 1. The van der Waals surface area contributed by atoms with Gasteiger partial charge in [-0.1, -0.05) is 0 Å². The largest absolute Gasteiger partial charge is 0.368 e. The molecule has 116 valence electrons. The first-order valence-corrected chi connectivity index (χ1v) is 8.03. The zero-order valence-electron chi connectivity index (χ0n) is 12.7. The molecule has 0 bridgehead atoms. The van der Waals surface area contributed by atoms with E-state index in [1.807, 2.05) is 18.7 Å². The van der Waals surface area contributed by atoms with Crippen LogP contribution in [0.15, 0.2) is 18.6 Å². The van der Waals surface area contributed by atoms with Gasteiger partial charge in [-0.15, -0.1) is 11.3 Å². The normalized spacial score (nSPS) is 18.5. The van der Waals surface area contributed by atoms with Crippen LogP contribution in [0.25, 0.3) is 0 Å². The molecule has 1 atom stereocenters. The number of carbonyl (C=O) groups is 1. The quantitative estimate of drug-likeness (QED) is 0.861. The molecule has 2 aromatic rings. The predicted molar refractivity (Wildman–Crippen MR) is 82.6 cm³/mol. The fourth-order valence-electron chi connectivity index (χ4n) is 2.52. The lowest BCUT2D eigenvalue weighted by Crippen LogP contribution is -2.43. The minimum absolute atomic E-state index is 0.115. The van der Waals surface area contributed by atoms with Gasteiger partial charge in [0, 0.05) is 23.8 Å². The third kappa shape index (κ3) is 3.31. The van der Waals surface area contributed by atoms with E-state index in [1.54, 1.807) is 29.9 Å². The Hall–Kier alpha value is -1.86. The topological polar surface area (TPSA) is 68.2 Å². The Morgan fingerprint density at radius 2 is 2.32 bits per heavy atom. The number of aryl methyl sites for hydroxylation is 2. The summed E-state index contributed by atoms with van der Waals surface area (Å²) in [6.07, 6.45) is 5.17. The standard InChI is InChI=1S/C15H18N4O2S/c1-10-14(22-11(2)18-10)7-15(20)19-5-6-21-13(9-19)12-8-16-3-4-17-12/h3-4,8,13H,5-7,9H2,1-2H3/t13-/m1/s1. The van der Waals surface area contributed by atoms with Crippen molar-refractivity contribution in [2.75, 3.05) is 19.7 Å². The molecule has 0 aromatic carbocycles. The number of hydrogen-bond donors (Lipinski definition) is 0. The Kier molecular flexibility index (Phi) is 4.44. The molecular weight excluding hydrogens is 300 g/mol. The average molecular weight is 318 g/mol. The van der Waals surface area contributed by atoms with Crippen LogP contribution >= 0.6 is 11.3 Å². The zero-order chi connectivity index (χ0) is 15.5. The molecule has 0 unspecified atom stereocenters. The Morgan fingerprint density at radius 1 is 1.45 bits per heavy atom. The van der Waals surface area contributed by atoms with Crippen LogP contribution in [-0.4, -0.2) is 45.5 Å². The molecular formula is C15H18N4O2S. The average Bonchev–Trinajstić information content (AvgIpc) is 2.86. The van der Waals surface area contributed by atoms with E-state index < -0.39 is 0 Å². The van der Waals surface area contributed by atoms with Crippen molar-refractivity contribution < 1.29 is 9.53 Å². The number of hydrogen-bond acceptors (Lipinski definition) is 6. The number of aromatic nitrogens is 3. The second-order valence-corrected chi connectivity index (χ2v) is 6.54. The van der Waals surface area contributed by atoms with Crippen LogP contribution < -0.4 is 0 Å². The molecule has 0 spiro atoms. The summed E-state index contributed by atoms with van der Waals surface area (Å²) in [6, 6.07) is 0. The van der Waals surface area contributed by atoms with Crippen LogP contribution in [0.4, 0.5) is 0 Å². The predicted octanol–water partition coefficient (Wildman–Crippen LogP) is 1.69. The lowest BCUT2D eigenvalue weighted by molar-refractivity contribution is -0.138. The van der Waals surface area contributed by atoms with E-state index in [4.69, 9.17) is 4.74 Å². The molecule has 0 saturated carbocycles. The SMILES string of the molecule is Cc1nc(C)c(CC(=O)N2CCO[C@@H](c3cnccn3)C2)s1. The Bertz CT molecular complexity index is 659. The van der Waals surface area contributed by atoms with Crippen molar-refractivity contribution in [2.45, 2.75) is 26.4 Å². The maximum absolute atomic E-state index is 12.5. The molecule has 6 nitrogen and oxygen atoms in total. The molecule has 1 aliphatic rings. The maximum Gasteiger partial charge on any atom is 0.228 e. The number of nitrogens with zero attached hydrogens (tertiary/aromatic N) is 4. The molecule has 0 radical (unpaired) electrons. The summed E-state index contributed by atoms with van der Waals surface area (Å²) in [6.45, 7) is 5.58. The van der Waals surface area contributed by atoms with Gasteiger partial charge in [-0.05, 0) is 13.8 Å². The van der Waals surface area contributed by atoms with E-state index in [9.17, 15) is 4.79 Å². The summed E-state index contributed by atoms with van der Waals surface area (Å²) in [4.78, 5) is 28.1. The smallest absolute Gasteiger partial charge is 0.228 e. The highest BCUT2D eigenvalue weighted by molar-refractivity contribution is 7.11. The van der Waals surface area contributed by atoms with E-state index in [0.29, 0.717) is 26.1 Å². The third-order valence-electron chi connectivity index (χ3n) is 3.64. The molecule has 1 saturated heterocycles. The number of carbonyl (C=O) groups excluding carboxylic acids is 1. The molecule has 2 aromatic heterocycles. The minimum Gasteiger partial charge on any atom is -0.368 e. The van der Waals surface area contributed by atoms with Gasteiger partial charge in [0.15, 0.2) is 0 Å². The van der Waals surface area contributed by atoms with Crippen LogP contribution in [0, 0.1) is 13.8 Å². The van der Waals surface area contributed by atoms with Gasteiger partial charge in [0.05, 0.1) is 42.2 Å². The Labute approximate surface area is 133 Å². The van der Waals surface area contributed by atoms with Crippen LogP contribution in [0.1, 0.15) is 27.4 Å². The second kappa shape index (κ2) is 6.50. The Morgan fingerprint density at radius 3 is 3.00 bits per heavy atom. The summed E-state index contributed by atoms with van der Waals surface area (Å²) in [5, 5.41) is 1.000. The molecule has 3 rings (SSSR count). The lowest BCUT2D eigenvalue weighted by Gasteiger charge is -2.32. The Balaban J connectivity index is 1.67. The van der Waals surface area contributed by atoms with Crippen molar-refractivity contribution in [3.63, 3.8) is 0 Å². The van der Waals surface area contributed by atoms with Crippen molar-refractivity contribution in [1.29, 1.82) is 0 Å². The highest BCUT2D eigenvalue weighted by Crippen LogP contribution is 2.22. The summed E-state index contributed by atoms with van der Waals surface area (Å²) < 4.78 is 5.72. The van der Waals surface area contributed by atoms with E-state index in [0.717, 1.165) is 21.3 Å². The molecule has 1 amide bonds. The monoisotopic (exact) mass is 318 g/mol. The van der Waals surface area contributed by atoms with E-state index in [1.165, 1.54) is 0 Å². The number of ether oxygens (including phenoxy) is 1. The fourth-order valence-corrected chi connectivity index (χ4v) is 3.45. The van der Waals surface area contributed by atoms with Crippen molar-refractivity contribution in [1.82, 2.24) is 19.9 Å². The molecule has 1 fully saturated rings. The van der Waals surface area contributed by atoms with Gasteiger partial charge < -0.3 is 9.64 Å². The van der Waals surface area contributed by atoms with Gasteiger partial charge in [-0.3, -0.25) is 14.8 Å². The van der Waals surface area contributed by atoms with E-state index in [2.05, 4.69) is 15.0 Å². The van der Waals surface area contributed by atoms with Crippen molar-refractivity contribution >= 4 is 17.2 Å². The lowest BCUT2D eigenvalue weighted by atomic mass is 10.2. The van der Waals surface area contributed by atoms with Crippen LogP contribution in [-0.2, 0) is 16.0 Å². The first-order valence-electron chi connectivity index (χ1n) is 7.21. The van der Waals surface area contributed by atoms with Crippen LogP contribution in [0.5, 0.6) is 0 Å².